The average Bonchev–Trinajstić information content (AvgIpc) is 3.80. The molecule has 0 unspecified atom stereocenters. The van der Waals surface area contributed by atoms with Gasteiger partial charge in [0.2, 0.25) is 0 Å². The van der Waals surface area contributed by atoms with Crippen molar-refractivity contribution in [3.05, 3.63) is 215 Å². The van der Waals surface area contributed by atoms with Gasteiger partial charge in [0.05, 0.1) is 16.8 Å². The Kier molecular flexibility index (Phi) is 7.32. The van der Waals surface area contributed by atoms with Gasteiger partial charge in [-0.3, -0.25) is 0 Å². The zero-order valence-electron chi connectivity index (χ0n) is 33.2. The lowest BCUT2D eigenvalue weighted by Crippen LogP contribution is -2.26. The third-order valence-corrected chi connectivity index (χ3v) is 14.8. The summed E-state index contributed by atoms with van der Waals surface area (Å²) in [7, 11) is -0.790. The SMILES string of the molecule is CC1(C)c2ccccc2-c2c(N(c3ccc(-c4ccc(S(C)(C)C)cc4)cc3)c3cccc4c3-c3ccccc3C43c4ccccc4-c4ccccc43)cccc21. The van der Waals surface area contributed by atoms with Crippen LogP contribution in [0.1, 0.15) is 47.2 Å². The third-order valence-electron chi connectivity index (χ3n) is 13.1. The van der Waals surface area contributed by atoms with E-state index in [0.717, 1.165) is 5.69 Å². The van der Waals surface area contributed by atoms with E-state index in [1.165, 1.54) is 94.2 Å². The van der Waals surface area contributed by atoms with E-state index in [-0.39, 0.29) is 5.41 Å². The topological polar surface area (TPSA) is 3.24 Å². The van der Waals surface area contributed by atoms with Gasteiger partial charge in [-0.1, -0.05) is 159 Å². The molecule has 0 N–H and O–H groups in total. The lowest BCUT2D eigenvalue weighted by molar-refractivity contribution is 0.660. The van der Waals surface area contributed by atoms with E-state index in [0.29, 0.717) is 0 Å². The molecule has 0 heterocycles. The Balaban J connectivity index is 1.18. The van der Waals surface area contributed by atoms with Crippen LogP contribution in [0.3, 0.4) is 0 Å². The van der Waals surface area contributed by atoms with E-state index in [1.807, 2.05) is 0 Å². The number of hydrogen-bond acceptors (Lipinski definition) is 1. The van der Waals surface area contributed by atoms with Gasteiger partial charge in [-0.25, -0.2) is 10.0 Å². The molecule has 8 aromatic rings. The van der Waals surface area contributed by atoms with Gasteiger partial charge in [-0.05, 0) is 127 Å². The van der Waals surface area contributed by atoms with Crippen molar-refractivity contribution in [2.75, 3.05) is 23.7 Å². The zero-order valence-corrected chi connectivity index (χ0v) is 34.0. The second-order valence-electron chi connectivity index (χ2n) is 17.2. The smallest absolute Gasteiger partial charge is 0.0726 e. The molecule has 276 valence electrons. The Hall–Kier alpha value is -6.09. The van der Waals surface area contributed by atoms with Gasteiger partial charge in [-0.2, -0.15) is 0 Å². The molecule has 0 fully saturated rings. The molecule has 0 aromatic heterocycles. The van der Waals surface area contributed by atoms with E-state index in [4.69, 9.17) is 0 Å². The molecular formula is C55H45NS. The summed E-state index contributed by atoms with van der Waals surface area (Å²) in [6, 6.07) is 68.9. The van der Waals surface area contributed by atoms with Crippen molar-refractivity contribution in [3.63, 3.8) is 0 Å². The molecule has 1 nitrogen and oxygen atoms in total. The summed E-state index contributed by atoms with van der Waals surface area (Å²) in [5, 5.41) is 0. The highest BCUT2D eigenvalue weighted by molar-refractivity contribution is 8.32. The number of nitrogens with zero attached hydrogens (tertiary/aromatic N) is 1. The predicted molar refractivity (Wildman–Crippen MR) is 244 cm³/mol. The molecule has 57 heavy (non-hydrogen) atoms. The van der Waals surface area contributed by atoms with E-state index in [1.54, 1.807) is 0 Å². The van der Waals surface area contributed by atoms with E-state index in [9.17, 15) is 0 Å². The molecule has 1 spiro atoms. The molecule has 3 aliphatic rings. The summed E-state index contributed by atoms with van der Waals surface area (Å²) in [5.41, 5.74) is 21.5. The number of benzene rings is 8. The van der Waals surface area contributed by atoms with Gasteiger partial charge in [0.15, 0.2) is 0 Å². The number of fused-ring (bicyclic) bond motifs is 13. The molecule has 0 saturated heterocycles. The van der Waals surface area contributed by atoms with Crippen LogP contribution in [0.4, 0.5) is 17.1 Å². The summed E-state index contributed by atoms with van der Waals surface area (Å²) in [5.74, 6) is 0. The largest absolute Gasteiger partial charge is 0.309 e. The lowest BCUT2D eigenvalue weighted by atomic mass is 9.70. The Morgan fingerprint density at radius 1 is 0.368 bits per heavy atom. The van der Waals surface area contributed by atoms with E-state index >= 15 is 0 Å². The predicted octanol–water partition coefficient (Wildman–Crippen LogP) is 14.5. The molecule has 0 amide bonds. The van der Waals surface area contributed by atoms with Crippen LogP contribution in [0.2, 0.25) is 0 Å². The van der Waals surface area contributed by atoms with Crippen LogP contribution >= 0.6 is 10.0 Å². The van der Waals surface area contributed by atoms with Crippen molar-refractivity contribution in [3.8, 4) is 44.5 Å². The van der Waals surface area contributed by atoms with Crippen LogP contribution in [0.15, 0.2) is 187 Å². The van der Waals surface area contributed by atoms with Crippen molar-refractivity contribution in [1.82, 2.24) is 0 Å². The molecule has 0 aliphatic heterocycles. The summed E-state index contributed by atoms with van der Waals surface area (Å²) in [4.78, 5) is 3.99. The van der Waals surface area contributed by atoms with Gasteiger partial charge in [-0.15, -0.1) is 0 Å². The zero-order chi connectivity index (χ0) is 38.7. The van der Waals surface area contributed by atoms with Crippen LogP contribution in [-0.4, -0.2) is 18.8 Å². The molecule has 0 atom stereocenters. The molecule has 0 bridgehead atoms. The molecule has 3 aliphatic carbocycles. The van der Waals surface area contributed by atoms with Crippen molar-refractivity contribution in [1.29, 1.82) is 0 Å². The highest BCUT2D eigenvalue weighted by atomic mass is 32.3. The lowest BCUT2D eigenvalue weighted by Gasteiger charge is -2.32. The maximum absolute atomic E-state index is 2.56. The van der Waals surface area contributed by atoms with Gasteiger partial charge in [0, 0.05) is 22.2 Å². The second-order valence-corrected chi connectivity index (χ2v) is 21.3. The first-order chi connectivity index (χ1) is 27.7. The first-order valence-corrected chi connectivity index (χ1v) is 22.9. The van der Waals surface area contributed by atoms with Crippen LogP contribution in [0.25, 0.3) is 44.5 Å². The monoisotopic (exact) mass is 751 g/mol. The molecule has 0 radical (unpaired) electrons. The van der Waals surface area contributed by atoms with Crippen molar-refractivity contribution >= 4 is 27.1 Å². The Morgan fingerprint density at radius 3 is 1.32 bits per heavy atom. The molecule has 2 heteroatoms. The normalized spacial score (nSPS) is 15.0. The quantitative estimate of drug-likeness (QED) is 0.169. The average molecular weight is 752 g/mol. The molecular weight excluding hydrogens is 707 g/mol. The third kappa shape index (κ3) is 4.71. The first-order valence-electron chi connectivity index (χ1n) is 20.0. The molecule has 8 aromatic carbocycles. The van der Waals surface area contributed by atoms with Gasteiger partial charge >= 0.3 is 0 Å². The van der Waals surface area contributed by atoms with Crippen LogP contribution in [0, 0.1) is 0 Å². The summed E-state index contributed by atoms with van der Waals surface area (Å²) in [6.45, 7) is 4.75. The first kappa shape index (κ1) is 34.2. The summed E-state index contributed by atoms with van der Waals surface area (Å²) < 4.78 is 0. The minimum Gasteiger partial charge on any atom is -0.309 e. The van der Waals surface area contributed by atoms with Gasteiger partial charge in [0.25, 0.3) is 0 Å². The maximum atomic E-state index is 2.56. The molecule has 11 rings (SSSR count). The van der Waals surface area contributed by atoms with Gasteiger partial charge in [0.1, 0.15) is 0 Å². The van der Waals surface area contributed by atoms with E-state index < -0.39 is 15.4 Å². The van der Waals surface area contributed by atoms with Crippen molar-refractivity contribution in [2.24, 2.45) is 0 Å². The maximum Gasteiger partial charge on any atom is 0.0726 e. The number of hydrogen-bond donors (Lipinski definition) is 0. The summed E-state index contributed by atoms with van der Waals surface area (Å²) in [6.07, 6.45) is 7.07. The number of anilines is 3. The Labute approximate surface area is 338 Å². The number of rotatable bonds is 5. The Morgan fingerprint density at radius 2 is 0.772 bits per heavy atom. The Bertz CT molecular complexity index is 2860. The van der Waals surface area contributed by atoms with Crippen LogP contribution < -0.4 is 4.90 Å². The fourth-order valence-electron chi connectivity index (χ4n) is 10.5. The fourth-order valence-corrected chi connectivity index (χ4v) is 11.5. The van der Waals surface area contributed by atoms with Crippen LogP contribution in [0.5, 0.6) is 0 Å². The fraction of sp³-hybridized carbons (Fsp3) is 0.127. The van der Waals surface area contributed by atoms with Crippen molar-refractivity contribution in [2.45, 2.75) is 29.6 Å². The second kappa shape index (κ2) is 12.2. The minimum absolute atomic E-state index is 0.120. The molecule has 0 saturated carbocycles. The minimum atomic E-state index is -0.790. The van der Waals surface area contributed by atoms with Gasteiger partial charge < -0.3 is 4.90 Å². The summed E-state index contributed by atoms with van der Waals surface area (Å²) >= 11 is 0. The highest BCUT2D eigenvalue weighted by Crippen LogP contribution is 2.65. The highest BCUT2D eigenvalue weighted by Gasteiger charge is 2.52. The standard InChI is InChI=1S/C55H45NS/c1-54(2)44-20-10-8-18-42(44)52-48(54)24-14-26-50(52)56(38-32-28-36(29-33-38)37-30-34-39(35-31-37)57(3,4)5)51-27-15-25-49-53(51)43-19-9-13-23-47(43)55(49)45-21-11-6-16-40(45)41-17-7-12-22-46(41)55/h6-35H,1-5H3. The van der Waals surface area contributed by atoms with E-state index in [2.05, 4.69) is 220 Å². The van der Waals surface area contributed by atoms with Crippen molar-refractivity contribution < 1.29 is 0 Å². The van der Waals surface area contributed by atoms with Crippen LogP contribution in [-0.2, 0) is 10.8 Å².